The van der Waals surface area contributed by atoms with Gasteiger partial charge in [-0.3, -0.25) is 4.79 Å². The van der Waals surface area contributed by atoms with Gasteiger partial charge < -0.3 is 10.6 Å². The molecule has 134 valence electrons. The minimum atomic E-state index is -0.369. The Morgan fingerprint density at radius 3 is 2.81 bits per heavy atom. The van der Waals surface area contributed by atoms with Crippen molar-refractivity contribution in [2.45, 2.75) is 11.3 Å². The number of aromatic nitrogens is 2. The number of anilines is 3. The van der Waals surface area contributed by atoms with E-state index in [9.17, 15) is 9.18 Å². The van der Waals surface area contributed by atoms with Gasteiger partial charge in [-0.05, 0) is 36.8 Å². The quantitative estimate of drug-likeness (QED) is 0.554. The zero-order chi connectivity index (χ0) is 18.5. The second-order valence-electron chi connectivity index (χ2n) is 5.30. The average molecular weight is 409 g/mol. The van der Waals surface area contributed by atoms with Crippen molar-refractivity contribution in [3.63, 3.8) is 0 Å². The summed E-state index contributed by atoms with van der Waals surface area (Å²) in [4.78, 5) is 12.1. The Labute approximate surface area is 163 Å². The first-order chi connectivity index (χ1) is 12.5. The summed E-state index contributed by atoms with van der Waals surface area (Å²) in [6.07, 6.45) is 0. The Kier molecular flexibility index (Phi) is 6.08. The Morgan fingerprint density at radius 1 is 1.23 bits per heavy atom. The highest BCUT2D eigenvalue weighted by molar-refractivity contribution is 8.01. The Bertz CT molecular complexity index is 935. The van der Waals surface area contributed by atoms with Crippen molar-refractivity contribution < 1.29 is 9.18 Å². The van der Waals surface area contributed by atoms with E-state index in [0.29, 0.717) is 25.9 Å². The molecule has 0 fully saturated rings. The number of carbonyl (C=O) groups excluding carboxylic acids is 1. The fourth-order valence-electron chi connectivity index (χ4n) is 2.03. The Balaban J connectivity index is 1.54. The molecule has 0 spiro atoms. The third-order valence-electron chi connectivity index (χ3n) is 3.25. The number of nitrogens with one attached hydrogen (secondary N) is 2. The van der Waals surface area contributed by atoms with Crippen molar-refractivity contribution in [1.29, 1.82) is 0 Å². The highest BCUT2D eigenvalue weighted by Crippen LogP contribution is 2.29. The summed E-state index contributed by atoms with van der Waals surface area (Å²) in [5, 5.41) is 14.5. The third-order valence-corrected chi connectivity index (χ3v) is 5.53. The maximum absolute atomic E-state index is 13.6. The molecule has 3 rings (SSSR count). The van der Waals surface area contributed by atoms with Crippen LogP contribution in [0.25, 0.3) is 0 Å². The molecule has 0 unspecified atom stereocenters. The van der Waals surface area contributed by atoms with Gasteiger partial charge in [0.1, 0.15) is 5.82 Å². The summed E-state index contributed by atoms with van der Waals surface area (Å²) in [5.41, 5.74) is 1.92. The zero-order valence-electron chi connectivity index (χ0n) is 13.6. The number of thioether (sulfide) groups is 1. The molecule has 0 bridgehead atoms. The summed E-state index contributed by atoms with van der Waals surface area (Å²) >= 11 is 8.60. The summed E-state index contributed by atoms with van der Waals surface area (Å²) in [5.74, 6) is -0.399. The van der Waals surface area contributed by atoms with Gasteiger partial charge in [-0.2, -0.15) is 0 Å². The lowest BCUT2D eigenvalue weighted by molar-refractivity contribution is -0.113. The second kappa shape index (κ2) is 8.48. The second-order valence-corrected chi connectivity index (χ2v) is 7.91. The van der Waals surface area contributed by atoms with Crippen LogP contribution in [0.4, 0.5) is 20.9 Å². The van der Waals surface area contributed by atoms with Crippen molar-refractivity contribution in [1.82, 2.24) is 10.2 Å². The van der Waals surface area contributed by atoms with Gasteiger partial charge in [0.25, 0.3) is 0 Å². The van der Waals surface area contributed by atoms with Gasteiger partial charge in [-0.1, -0.05) is 52.9 Å². The molecule has 3 aromatic rings. The SMILES string of the molecule is Cc1ccc(NC(=O)CSc2nnc(Nc3ccccc3F)s2)c(Cl)c1. The number of para-hydroxylation sites is 1. The van der Waals surface area contributed by atoms with Crippen LogP contribution >= 0.6 is 34.7 Å². The van der Waals surface area contributed by atoms with E-state index < -0.39 is 0 Å². The first-order valence-electron chi connectivity index (χ1n) is 7.55. The van der Waals surface area contributed by atoms with Crippen LogP contribution in [0.2, 0.25) is 5.02 Å². The standard InChI is InChI=1S/C17H14ClFN4OS2/c1-10-6-7-13(11(18)8-10)20-15(24)9-25-17-23-22-16(26-17)21-14-5-3-2-4-12(14)19/h2-8H,9H2,1H3,(H,20,24)(H,21,22). The van der Waals surface area contributed by atoms with Gasteiger partial charge in [0, 0.05) is 0 Å². The van der Waals surface area contributed by atoms with Crippen molar-refractivity contribution in [2.75, 3.05) is 16.4 Å². The van der Waals surface area contributed by atoms with Gasteiger partial charge >= 0.3 is 0 Å². The maximum atomic E-state index is 13.6. The molecule has 0 aliphatic rings. The van der Waals surface area contributed by atoms with Crippen LogP contribution in [-0.2, 0) is 4.79 Å². The number of halogens is 2. The fraction of sp³-hybridized carbons (Fsp3) is 0.118. The van der Waals surface area contributed by atoms with Crippen molar-refractivity contribution >= 4 is 57.1 Å². The highest BCUT2D eigenvalue weighted by atomic mass is 35.5. The summed E-state index contributed by atoms with van der Waals surface area (Å²) < 4.78 is 14.2. The molecule has 1 aromatic heterocycles. The van der Waals surface area contributed by atoms with Crippen LogP contribution in [0.15, 0.2) is 46.8 Å². The smallest absolute Gasteiger partial charge is 0.234 e. The van der Waals surface area contributed by atoms with E-state index in [2.05, 4.69) is 20.8 Å². The normalized spacial score (nSPS) is 10.6. The number of rotatable bonds is 6. The van der Waals surface area contributed by atoms with Crippen molar-refractivity contribution in [3.05, 3.63) is 58.9 Å². The van der Waals surface area contributed by atoms with Crippen LogP contribution in [0.1, 0.15) is 5.56 Å². The lowest BCUT2D eigenvalue weighted by atomic mass is 10.2. The number of hydrogen-bond donors (Lipinski definition) is 2. The van der Waals surface area contributed by atoms with Crippen molar-refractivity contribution in [2.24, 2.45) is 0 Å². The van der Waals surface area contributed by atoms with Crippen LogP contribution in [-0.4, -0.2) is 21.9 Å². The molecule has 26 heavy (non-hydrogen) atoms. The van der Waals surface area contributed by atoms with Crippen LogP contribution in [0.5, 0.6) is 0 Å². The van der Waals surface area contributed by atoms with Gasteiger partial charge in [0.05, 0.1) is 22.2 Å². The van der Waals surface area contributed by atoms with Crippen LogP contribution in [0.3, 0.4) is 0 Å². The van der Waals surface area contributed by atoms with Gasteiger partial charge in [0.15, 0.2) is 4.34 Å². The molecule has 0 atom stereocenters. The predicted octanol–water partition coefficient (Wildman–Crippen LogP) is 5.11. The zero-order valence-corrected chi connectivity index (χ0v) is 16.0. The largest absolute Gasteiger partial charge is 0.328 e. The maximum Gasteiger partial charge on any atom is 0.234 e. The molecule has 0 radical (unpaired) electrons. The van der Waals surface area contributed by atoms with Crippen LogP contribution in [0, 0.1) is 12.7 Å². The number of hydrogen-bond acceptors (Lipinski definition) is 6. The van der Waals surface area contributed by atoms with E-state index in [4.69, 9.17) is 11.6 Å². The van der Waals surface area contributed by atoms with E-state index in [1.807, 2.05) is 13.0 Å². The molecule has 0 aliphatic heterocycles. The Morgan fingerprint density at radius 2 is 2.04 bits per heavy atom. The molecule has 2 N–H and O–H groups in total. The molecule has 9 heteroatoms. The summed E-state index contributed by atoms with van der Waals surface area (Å²) in [6, 6.07) is 11.7. The fourth-order valence-corrected chi connectivity index (χ4v) is 3.88. The van der Waals surface area contributed by atoms with E-state index in [0.717, 1.165) is 5.56 Å². The predicted molar refractivity (Wildman–Crippen MR) is 105 cm³/mol. The molecule has 0 saturated heterocycles. The number of benzene rings is 2. The summed E-state index contributed by atoms with van der Waals surface area (Å²) in [6.45, 7) is 1.93. The first-order valence-corrected chi connectivity index (χ1v) is 9.73. The van der Waals surface area contributed by atoms with Gasteiger partial charge in [-0.15, -0.1) is 10.2 Å². The van der Waals surface area contributed by atoms with Gasteiger partial charge in [-0.25, -0.2) is 4.39 Å². The molecule has 0 aliphatic carbocycles. The molecular formula is C17H14ClFN4OS2. The van der Waals surface area contributed by atoms with E-state index in [-0.39, 0.29) is 17.5 Å². The number of nitrogens with zero attached hydrogens (tertiary/aromatic N) is 2. The van der Waals surface area contributed by atoms with E-state index in [1.54, 1.807) is 30.3 Å². The highest BCUT2D eigenvalue weighted by Gasteiger charge is 2.11. The molecule has 5 nitrogen and oxygen atoms in total. The molecule has 1 heterocycles. The van der Waals surface area contributed by atoms with Gasteiger partial charge in [0.2, 0.25) is 11.0 Å². The van der Waals surface area contributed by atoms with Crippen molar-refractivity contribution in [3.8, 4) is 0 Å². The molecule has 1 amide bonds. The first kappa shape index (κ1) is 18.6. The minimum absolute atomic E-state index is 0.165. The molecular weight excluding hydrogens is 395 g/mol. The lowest BCUT2D eigenvalue weighted by Gasteiger charge is -2.07. The summed E-state index contributed by atoms with van der Waals surface area (Å²) in [7, 11) is 0. The number of amides is 1. The Hall–Kier alpha value is -2.16. The third kappa shape index (κ3) is 4.94. The van der Waals surface area contributed by atoms with Crippen LogP contribution < -0.4 is 10.6 Å². The molecule has 0 saturated carbocycles. The lowest BCUT2D eigenvalue weighted by Crippen LogP contribution is -2.14. The monoisotopic (exact) mass is 408 g/mol. The molecule has 2 aromatic carbocycles. The number of carbonyl (C=O) groups is 1. The van der Waals surface area contributed by atoms with E-state index in [1.165, 1.54) is 29.2 Å². The minimum Gasteiger partial charge on any atom is -0.328 e. The number of aryl methyl sites for hydroxylation is 1. The average Bonchev–Trinajstić information content (AvgIpc) is 3.05. The van der Waals surface area contributed by atoms with E-state index >= 15 is 0 Å². The topological polar surface area (TPSA) is 66.9 Å².